The lowest BCUT2D eigenvalue weighted by Crippen LogP contribution is -2.24. The minimum Gasteiger partial charge on any atom is -0.369 e. The zero-order valence-corrected chi connectivity index (χ0v) is 17.7. The summed E-state index contributed by atoms with van der Waals surface area (Å²) in [5.74, 6) is -2.07. The van der Waals surface area contributed by atoms with Gasteiger partial charge in [-0.2, -0.15) is 0 Å². The van der Waals surface area contributed by atoms with Crippen molar-refractivity contribution in [1.82, 2.24) is 9.97 Å². The number of nitrogens with two attached hydrogens (primary N) is 1. The van der Waals surface area contributed by atoms with Crippen LogP contribution < -0.4 is 11.1 Å². The van der Waals surface area contributed by atoms with Crippen molar-refractivity contribution in [2.75, 3.05) is 11.9 Å². The molecule has 0 aliphatic carbocycles. The molecule has 0 saturated carbocycles. The molecule has 33 heavy (non-hydrogen) atoms. The van der Waals surface area contributed by atoms with Gasteiger partial charge in [0, 0.05) is 36.1 Å². The SMILES string of the molecule is NC(=O)C(c1cccnc1)c1ccc(-c2ccccc2)nc1NCCc1cc(F)cc(F)c1. The molecule has 2 aromatic carbocycles. The number of hydrogen-bond acceptors (Lipinski definition) is 4. The molecule has 4 aromatic rings. The fourth-order valence-corrected chi connectivity index (χ4v) is 3.74. The first kappa shape index (κ1) is 22.1. The van der Waals surface area contributed by atoms with E-state index in [1.165, 1.54) is 12.1 Å². The van der Waals surface area contributed by atoms with Gasteiger partial charge >= 0.3 is 0 Å². The molecule has 3 N–H and O–H groups in total. The second-order valence-electron chi connectivity index (χ2n) is 7.58. The Bertz CT molecular complexity index is 1230. The van der Waals surface area contributed by atoms with Gasteiger partial charge in [0.1, 0.15) is 17.5 Å². The van der Waals surface area contributed by atoms with Crippen LogP contribution in [0.3, 0.4) is 0 Å². The van der Waals surface area contributed by atoms with Crippen LogP contribution in [0.25, 0.3) is 11.3 Å². The molecule has 0 aliphatic rings. The van der Waals surface area contributed by atoms with Crippen molar-refractivity contribution in [3.63, 3.8) is 0 Å². The van der Waals surface area contributed by atoms with Crippen LogP contribution in [0.4, 0.5) is 14.6 Å². The topological polar surface area (TPSA) is 80.9 Å². The van der Waals surface area contributed by atoms with Crippen molar-refractivity contribution < 1.29 is 13.6 Å². The molecule has 0 aliphatic heterocycles. The number of primary amides is 1. The third-order valence-corrected chi connectivity index (χ3v) is 5.24. The molecule has 0 radical (unpaired) electrons. The number of carbonyl (C=O) groups is 1. The van der Waals surface area contributed by atoms with E-state index >= 15 is 0 Å². The quantitative estimate of drug-likeness (QED) is 0.413. The van der Waals surface area contributed by atoms with Crippen LogP contribution in [0.5, 0.6) is 0 Å². The van der Waals surface area contributed by atoms with Crippen molar-refractivity contribution in [1.29, 1.82) is 0 Å². The summed E-state index contributed by atoms with van der Waals surface area (Å²) < 4.78 is 27.1. The van der Waals surface area contributed by atoms with Gasteiger partial charge in [-0.15, -0.1) is 0 Å². The summed E-state index contributed by atoms with van der Waals surface area (Å²) >= 11 is 0. The smallest absolute Gasteiger partial charge is 0.229 e. The number of pyridine rings is 2. The standard InChI is InChI=1S/C26H22F2N4O/c27-20-13-17(14-21(28)15-20)10-12-31-26-22(24(25(29)33)19-7-4-11-30-16-19)8-9-23(32-26)18-5-2-1-3-6-18/h1-9,11,13-16,24H,10,12H2,(H2,29,33)(H,31,32). The van der Waals surface area contributed by atoms with Gasteiger partial charge in [-0.3, -0.25) is 9.78 Å². The largest absolute Gasteiger partial charge is 0.369 e. The van der Waals surface area contributed by atoms with Crippen LogP contribution in [0.2, 0.25) is 0 Å². The average molecular weight is 444 g/mol. The van der Waals surface area contributed by atoms with E-state index in [0.717, 1.165) is 11.6 Å². The van der Waals surface area contributed by atoms with Crippen LogP contribution in [0, 0.1) is 11.6 Å². The summed E-state index contributed by atoms with van der Waals surface area (Å²) in [7, 11) is 0. The third kappa shape index (κ3) is 5.38. The van der Waals surface area contributed by atoms with E-state index in [1.807, 2.05) is 42.5 Å². The zero-order chi connectivity index (χ0) is 23.2. The highest BCUT2D eigenvalue weighted by Crippen LogP contribution is 2.31. The van der Waals surface area contributed by atoms with Gasteiger partial charge in [-0.1, -0.05) is 42.5 Å². The van der Waals surface area contributed by atoms with Crippen LogP contribution >= 0.6 is 0 Å². The molecule has 0 bridgehead atoms. The Labute approximate surface area is 190 Å². The Balaban J connectivity index is 1.68. The highest BCUT2D eigenvalue weighted by Gasteiger charge is 2.24. The zero-order valence-electron chi connectivity index (χ0n) is 17.7. The molecule has 5 nitrogen and oxygen atoms in total. The Hall–Kier alpha value is -4.13. The highest BCUT2D eigenvalue weighted by molar-refractivity contribution is 5.87. The minimum atomic E-state index is -0.759. The molecule has 0 fully saturated rings. The average Bonchev–Trinajstić information content (AvgIpc) is 2.80. The second kappa shape index (κ2) is 9.99. The Morgan fingerprint density at radius 3 is 2.39 bits per heavy atom. The Kier molecular flexibility index (Phi) is 6.69. The normalized spacial score (nSPS) is 11.7. The number of halogens is 2. The van der Waals surface area contributed by atoms with E-state index in [9.17, 15) is 13.6 Å². The molecule has 166 valence electrons. The molecular weight excluding hydrogens is 422 g/mol. The monoisotopic (exact) mass is 444 g/mol. The van der Waals surface area contributed by atoms with Gasteiger partial charge < -0.3 is 11.1 Å². The molecule has 7 heteroatoms. The van der Waals surface area contributed by atoms with Gasteiger partial charge in [0.25, 0.3) is 0 Å². The predicted octanol–water partition coefficient (Wildman–Crippen LogP) is 4.69. The molecule has 4 rings (SSSR count). The highest BCUT2D eigenvalue weighted by atomic mass is 19.1. The first-order chi connectivity index (χ1) is 16.0. The lowest BCUT2D eigenvalue weighted by Gasteiger charge is -2.19. The molecule has 1 unspecified atom stereocenters. The van der Waals surface area contributed by atoms with Gasteiger partial charge in [-0.05, 0) is 41.8 Å². The van der Waals surface area contributed by atoms with E-state index in [2.05, 4.69) is 10.3 Å². The van der Waals surface area contributed by atoms with Gasteiger partial charge in [0.2, 0.25) is 5.91 Å². The first-order valence-electron chi connectivity index (χ1n) is 10.5. The summed E-state index contributed by atoms with van der Waals surface area (Å²) in [6.07, 6.45) is 3.58. The van der Waals surface area contributed by atoms with E-state index in [4.69, 9.17) is 10.7 Å². The van der Waals surface area contributed by atoms with E-state index < -0.39 is 23.5 Å². The summed E-state index contributed by atoms with van der Waals surface area (Å²) in [5, 5.41) is 3.23. The van der Waals surface area contributed by atoms with Gasteiger partial charge in [0.05, 0.1) is 11.6 Å². The van der Waals surface area contributed by atoms with Crippen LogP contribution in [-0.2, 0) is 11.2 Å². The van der Waals surface area contributed by atoms with Crippen molar-refractivity contribution in [2.24, 2.45) is 5.73 Å². The molecule has 2 heterocycles. The van der Waals surface area contributed by atoms with Crippen LogP contribution in [-0.4, -0.2) is 22.4 Å². The lowest BCUT2D eigenvalue weighted by molar-refractivity contribution is -0.118. The number of nitrogens with zero attached hydrogens (tertiary/aromatic N) is 2. The van der Waals surface area contributed by atoms with Crippen molar-refractivity contribution in [3.05, 3.63) is 114 Å². The number of aromatic nitrogens is 2. The number of anilines is 1. The number of nitrogens with one attached hydrogen (secondary N) is 1. The molecule has 2 aromatic heterocycles. The van der Waals surface area contributed by atoms with Gasteiger partial charge in [-0.25, -0.2) is 13.8 Å². The predicted molar refractivity (Wildman–Crippen MR) is 123 cm³/mol. The maximum atomic E-state index is 13.5. The third-order valence-electron chi connectivity index (χ3n) is 5.24. The summed E-state index contributed by atoms with van der Waals surface area (Å²) in [5.41, 5.74) is 9.15. The fourth-order valence-electron chi connectivity index (χ4n) is 3.74. The summed E-state index contributed by atoms with van der Waals surface area (Å²) in [6, 6.07) is 20.2. The van der Waals surface area contributed by atoms with E-state index in [-0.39, 0.29) is 0 Å². The lowest BCUT2D eigenvalue weighted by atomic mass is 9.91. The van der Waals surface area contributed by atoms with Crippen molar-refractivity contribution >= 4 is 11.7 Å². The van der Waals surface area contributed by atoms with Crippen molar-refractivity contribution in [3.8, 4) is 11.3 Å². The molecule has 0 saturated heterocycles. The molecule has 1 amide bonds. The number of benzene rings is 2. The van der Waals surface area contributed by atoms with Crippen LogP contribution in [0.15, 0.2) is 85.2 Å². The Morgan fingerprint density at radius 1 is 0.970 bits per heavy atom. The van der Waals surface area contributed by atoms with E-state index in [0.29, 0.717) is 41.2 Å². The van der Waals surface area contributed by atoms with E-state index in [1.54, 1.807) is 24.5 Å². The minimum absolute atomic E-state index is 0.347. The molecule has 0 spiro atoms. The fraction of sp³-hybridized carbons (Fsp3) is 0.115. The maximum Gasteiger partial charge on any atom is 0.229 e. The molecule has 1 atom stereocenters. The summed E-state index contributed by atoms with van der Waals surface area (Å²) in [4.78, 5) is 21.3. The number of carbonyl (C=O) groups excluding carboxylic acids is 1. The van der Waals surface area contributed by atoms with Crippen LogP contribution in [0.1, 0.15) is 22.6 Å². The second-order valence-corrected chi connectivity index (χ2v) is 7.58. The van der Waals surface area contributed by atoms with Gasteiger partial charge in [0.15, 0.2) is 0 Å². The summed E-state index contributed by atoms with van der Waals surface area (Å²) in [6.45, 7) is 0.347. The maximum absolute atomic E-state index is 13.5. The number of amides is 1. The number of hydrogen-bond donors (Lipinski definition) is 2. The Morgan fingerprint density at radius 2 is 1.73 bits per heavy atom. The number of rotatable bonds is 8. The molecular formula is C26H22F2N4O. The van der Waals surface area contributed by atoms with Crippen molar-refractivity contribution in [2.45, 2.75) is 12.3 Å². The first-order valence-corrected chi connectivity index (χ1v) is 10.5.